The van der Waals surface area contributed by atoms with Crippen LogP contribution < -0.4 is 4.74 Å². The van der Waals surface area contributed by atoms with Crippen molar-refractivity contribution in [2.75, 3.05) is 20.3 Å². The highest BCUT2D eigenvalue weighted by atomic mass is 16.5. The first-order chi connectivity index (χ1) is 16.2. The van der Waals surface area contributed by atoms with Crippen LogP contribution in [0.3, 0.4) is 0 Å². The SMILES string of the molecule is CCOC(=O)[C@H](O)Cc1cc2c(cc1OC)CCn1c-2cc2c1C(=O)N(C(C)(C)C)CCCC2. The third kappa shape index (κ3) is 4.45. The number of benzene rings is 1. The van der Waals surface area contributed by atoms with Crippen LogP contribution in [0.15, 0.2) is 18.2 Å². The zero-order valence-electron chi connectivity index (χ0n) is 20.9. The van der Waals surface area contributed by atoms with Gasteiger partial charge in [-0.1, -0.05) is 0 Å². The third-order valence-corrected chi connectivity index (χ3v) is 6.87. The largest absolute Gasteiger partial charge is 0.496 e. The number of hydrogen-bond acceptors (Lipinski definition) is 5. The lowest BCUT2D eigenvalue weighted by Crippen LogP contribution is -2.47. The molecule has 2 aliphatic heterocycles. The first kappa shape index (κ1) is 24.3. The molecule has 3 heterocycles. The Morgan fingerprint density at radius 1 is 1.12 bits per heavy atom. The Morgan fingerprint density at radius 3 is 2.56 bits per heavy atom. The molecule has 4 rings (SSSR count). The predicted octanol–water partition coefficient (Wildman–Crippen LogP) is 3.76. The van der Waals surface area contributed by atoms with Crippen molar-refractivity contribution in [3.05, 3.63) is 40.6 Å². The molecule has 7 nitrogen and oxygen atoms in total. The van der Waals surface area contributed by atoms with Crippen LogP contribution >= 0.6 is 0 Å². The number of carbonyl (C=O) groups is 2. The van der Waals surface area contributed by atoms with E-state index in [9.17, 15) is 14.7 Å². The van der Waals surface area contributed by atoms with Crippen molar-refractivity contribution in [3.8, 4) is 17.0 Å². The minimum atomic E-state index is -1.26. The number of aliphatic hydroxyl groups is 1. The quantitative estimate of drug-likeness (QED) is 0.676. The lowest BCUT2D eigenvalue weighted by Gasteiger charge is -2.37. The van der Waals surface area contributed by atoms with E-state index in [4.69, 9.17) is 9.47 Å². The standard InChI is InChI=1S/C27H36N2O5/c1-6-34-26(32)22(30)15-19-13-20-17(16-23(19)33-5)10-12-28-21(20)14-18-9-7-8-11-29(27(2,3)4)25(31)24(18)28/h13-14,16,22,30H,6-12,15H2,1-5H3/t22-/m1/s1. The zero-order valence-corrected chi connectivity index (χ0v) is 20.9. The van der Waals surface area contributed by atoms with Gasteiger partial charge < -0.3 is 24.0 Å². The summed E-state index contributed by atoms with van der Waals surface area (Å²) in [5, 5.41) is 10.4. The molecule has 0 spiro atoms. The van der Waals surface area contributed by atoms with Crippen LogP contribution in [0.25, 0.3) is 11.3 Å². The second-order valence-electron chi connectivity index (χ2n) is 10.2. The number of rotatable bonds is 5. The van der Waals surface area contributed by atoms with E-state index in [0.717, 1.165) is 72.4 Å². The van der Waals surface area contributed by atoms with E-state index in [1.807, 2.05) is 17.0 Å². The monoisotopic (exact) mass is 468 g/mol. The number of carbonyl (C=O) groups excluding carboxylic acids is 2. The van der Waals surface area contributed by atoms with Gasteiger partial charge in [-0.05, 0) is 88.3 Å². The first-order valence-corrected chi connectivity index (χ1v) is 12.2. The van der Waals surface area contributed by atoms with Crippen molar-refractivity contribution in [2.45, 2.75) is 78.0 Å². The Kier molecular flexibility index (Phi) is 6.76. The van der Waals surface area contributed by atoms with Gasteiger partial charge in [-0.15, -0.1) is 0 Å². The lowest BCUT2D eigenvalue weighted by atomic mass is 9.93. The normalized spacial score (nSPS) is 16.6. The van der Waals surface area contributed by atoms with Crippen LogP contribution in [-0.2, 0) is 35.3 Å². The third-order valence-electron chi connectivity index (χ3n) is 6.87. The average Bonchev–Trinajstić information content (AvgIpc) is 3.14. The molecule has 1 atom stereocenters. The minimum Gasteiger partial charge on any atom is -0.496 e. The fourth-order valence-corrected chi connectivity index (χ4v) is 5.18. The van der Waals surface area contributed by atoms with E-state index in [2.05, 4.69) is 31.4 Å². The highest BCUT2D eigenvalue weighted by molar-refractivity contribution is 5.96. The topological polar surface area (TPSA) is 81.0 Å². The summed E-state index contributed by atoms with van der Waals surface area (Å²) in [6.07, 6.45) is 2.55. The number of hydrogen-bond donors (Lipinski definition) is 1. The number of methoxy groups -OCH3 is 1. The molecule has 0 fully saturated rings. The van der Waals surface area contributed by atoms with Crippen LogP contribution in [0.5, 0.6) is 5.75 Å². The summed E-state index contributed by atoms with van der Waals surface area (Å²) in [4.78, 5) is 27.8. The van der Waals surface area contributed by atoms with E-state index in [1.165, 1.54) is 0 Å². The van der Waals surface area contributed by atoms with E-state index in [-0.39, 0.29) is 24.5 Å². The molecule has 1 aromatic carbocycles. The zero-order chi connectivity index (χ0) is 24.6. The summed E-state index contributed by atoms with van der Waals surface area (Å²) in [7, 11) is 1.60. The van der Waals surface area contributed by atoms with Crippen molar-refractivity contribution in [1.29, 1.82) is 0 Å². The number of aliphatic hydroxyl groups excluding tert-OH is 1. The molecule has 0 unspecified atom stereocenters. The maximum Gasteiger partial charge on any atom is 0.335 e. The average molecular weight is 469 g/mol. The van der Waals surface area contributed by atoms with Crippen LogP contribution in [0.4, 0.5) is 0 Å². The van der Waals surface area contributed by atoms with Gasteiger partial charge in [0.2, 0.25) is 0 Å². The number of nitrogens with zero attached hydrogens (tertiary/aromatic N) is 2. The van der Waals surface area contributed by atoms with E-state index in [1.54, 1.807) is 14.0 Å². The van der Waals surface area contributed by atoms with Gasteiger partial charge in [0.15, 0.2) is 6.10 Å². The summed E-state index contributed by atoms with van der Waals surface area (Å²) in [5.74, 6) is 0.111. The number of ether oxygens (including phenoxy) is 2. The van der Waals surface area contributed by atoms with Gasteiger partial charge in [0.05, 0.1) is 13.7 Å². The molecule has 0 bridgehead atoms. The van der Waals surface area contributed by atoms with Crippen molar-refractivity contribution in [1.82, 2.24) is 9.47 Å². The maximum atomic E-state index is 13.7. The predicted molar refractivity (Wildman–Crippen MR) is 130 cm³/mol. The fraction of sp³-hybridized carbons (Fsp3) is 0.556. The van der Waals surface area contributed by atoms with E-state index >= 15 is 0 Å². The van der Waals surface area contributed by atoms with Crippen molar-refractivity contribution in [2.24, 2.45) is 0 Å². The molecule has 184 valence electrons. The van der Waals surface area contributed by atoms with Gasteiger partial charge in [0.25, 0.3) is 5.91 Å². The highest BCUT2D eigenvalue weighted by Gasteiger charge is 2.34. The summed E-state index contributed by atoms with van der Waals surface area (Å²) >= 11 is 0. The summed E-state index contributed by atoms with van der Waals surface area (Å²) in [5.41, 5.74) is 5.60. The molecule has 1 aromatic heterocycles. The fourth-order valence-electron chi connectivity index (χ4n) is 5.18. The molecule has 1 N–H and O–H groups in total. The van der Waals surface area contributed by atoms with E-state index in [0.29, 0.717) is 5.75 Å². The molecule has 1 amide bonds. The summed E-state index contributed by atoms with van der Waals surface area (Å²) in [6, 6.07) is 6.16. The lowest BCUT2D eigenvalue weighted by molar-refractivity contribution is -0.152. The maximum absolute atomic E-state index is 13.7. The molecule has 7 heteroatoms. The van der Waals surface area contributed by atoms with Crippen LogP contribution in [0.1, 0.15) is 67.7 Å². The Bertz CT molecular complexity index is 1100. The second-order valence-corrected chi connectivity index (χ2v) is 10.2. The molecule has 2 aromatic rings. The number of amides is 1. The van der Waals surface area contributed by atoms with E-state index < -0.39 is 12.1 Å². The summed E-state index contributed by atoms with van der Waals surface area (Å²) < 4.78 is 12.7. The number of aromatic nitrogens is 1. The Balaban J connectivity index is 1.78. The molecule has 2 aliphatic rings. The van der Waals surface area contributed by atoms with Gasteiger partial charge in [-0.25, -0.2) is 4.79 Å². The van der Waals surface area contributed by atoms with Gasteiger partial charge in [-0.2, -0.15) is 0 Å². The number of fused-ring (bicyclic) bond motifs is 5. The van der Waals surface area contributed by atoms with Crippen LogP contribution in [-0.4, -0.2) is 58.4 Å². The van der Waals surface area contributed by atoms with Gasteiger partial charge in [-0.3, -0.25) is 4.79 Å². The minimum absolute atomic E-state index is 0.100. The van der Waals surface area contributed by atoms with Crippen molar-refractivity contribution in [3.63, 3.8) is 0 Å². The number of esters is 1. The molecule has 34 heavy (non-hydrogen) atoms. The van der Waals surface area contributed by atoms with Gasteiger partial charge >= 0.3 is 5.97 Å². The summed E-state index contributed by atoms with van der Waals surface area (Å²) in [6.45, 7) is 9.71. The Labute approximate surface area is 201 Å². The second kappa shape index (κ2) is 9.45. The van der Waals surface area contributed by atoms with Gasteiger partial charge in [0.1, 0.15) is 11.4 Å². The molecule has 0 saturated carbocycles. The molecule has 0 radical (unpaired) electrons. The highest BCUT2D eigenvalue weighted by Crippen LogP contribution is 2.39. The van der Waals surface area contributed by atoms with Crippen LogP contribution in [0.2, 0.25) is 0 Å². The molecular weight excluding hydrogens is 432 g/mol. The molecule has 0 aliphatic carbocycles. The van der Waals surface area contributed by atoms with Crippen molar-refractivity contribution >= 4 is 11.9 Å². The van der Waals surface area contributed by atoms with Crippen molar-refractivity contribution < 1.29 is 24.2 Å². The Morgan fingerprint density at radius 2 is 1.88 bits per heavy atom. The Hall–Kier alpha value is -2.80. The molecular formula is C27H36N2O5. The van der Waals surface area contributed by atoms with Crippen LogP contribution in [0, 0.1) is 0 Å². The molecule has 0 saturated heterocycles. The van der Waals surface area contributed by atoms with Gasteiger partial charge in [0, 0.05) is 36.3 Å². The smallest absolute Gasteiger partial charge is 0.335 e. The number of aryl methyl sites for hydroxylation is 2. The first-order valence-electron chi connectivity index (χ1n) is 12.2.